The molecule has 0 atom stereocenters. The van der Waals surface area contributed by atoms with Crippen LogP contribution in [0.5, 0.6) is 0 Å². The lowest BCUT2D eigenvalue weighted by Crippen LogP contribution is -2.13. The van der Waals surface area contributed by atoms with Crippen molar-refractivity contribution in [1.29, 1.82) is 0 Å². The first-order valence-electron chi connectivity index (χ1n) is 6.70. The van der Waals surface area contributed by atoms with Gasteiger partial charge in [-0.3, -0.25) is 4.72 Å². The van der Waals surface area contributed by atoms with E-state index in [2.05, 4.69) is 36.2 Å². The van der Waals surface area contributed by atoms with Crippen LogP contribution in [0.1, 0.15) is 5.82 Å². The van der Waals surface area contributed by atoms with Crippen LogP contribution in [-0.4, -0.2) is 28.6 Å². The molecule has 0 fully saturated rings. The molecule has 1 heterocycles. The highest BCUT2D eigenvalue weighted by Crippen LogP contribution is 2.27. The maximum absolute atomic E-state index is 12.5. The van der Waals surface area contributed by atoms with Gasteiger partial charge in [-0.15, -0.1) is 5.10 Å². The standard InChI is InChI=1S/C14H11BrClN5O2S/c1-9-17-19-20-21(9)12-4-2-3-11(8-12)18-24(22,23)14-6-5-10(15)7-13(14)16/h2-8,18H,1H3. The van der Waals surface area contributed by atoms with Crippen molar-refractivity contribution in [2.45, 2.75) is 11.8 Å². The molecule has 0 aliphatic carbocycles. The second-order valence-corrected chi connectivity index (χ2v) is 7.84. The summed E-state index contributed by atoms with van der Waals surface area (Å²) in [5.41, 5.74) is 1.01. The van der Waals surface area contributed by atoms with E-state index in [0.717, 1.165) is 0 Å². The number of benzene rings is 2. The van der Waals surface area contributed by atoms with Crippen molar-refractivity contribution < 1.29 is 8.42 Å². The molecule has 1 aromatic heterocycles. The maximum atomic E-state index is 12.5. The van der Waals surface area contributed by atoms with Gasteiger partial charge in [0.15, 0.2) is 5.82 Å². The Kier molecular flexibility index (Phi) is 4.57. The number of hydrogen-bond donors (Lipinski definition) is 1. The molecule has 124 valence electrons. The molecule has 0 radical (unpaired) electrons. The second-order valence-electron chi connectivity index (χ2n) is 4.87. The van der Waals surface area contributed by atoms with E-state index in [1.54, 1.807) is 37.3 Å². The SMILES string of the molecule is Cc1nnnn1-c1cccc(NS(=O)(=O)c2ccc(Br)cc2Cl)c1. The number of hydrogen-bond acceptors (Lipinski definition) is 5. The number of sulfonamides is 1. The lowest BCUT2D eigenvalue weighted by molar-refractivity contribution is 0.601. The summed E-state index contributed by atoms with van der Waals surface area (Å²) >= 11 is 9.28. The largest absolute Gasteiger partial charge is 0.280 e. The van der Waals surface area contributed by atoms with Gasteiger partial charge in [0, 0.05) is 4.47 Å². The highest BCUT2D eigenvalue weighted by molar-refractivity contribution is 9.10. The normalized spacial score (nSPS) is 11.5. The van der Waals surface area contributed by atoms with E-state index >= 15 is 0 Å². The van der Waals surface area contributed by atoms with E-state index in [1.165, 1.54) is 16.8 Å². The second kappa shape index (κ2) is 6.50. The fourth-order valence-electron chi connectivity index (χ4n) is 2.07. The Morgan fingerprint density at radius 2 is 2.00 bits per heavy atom. The van der Waals surface area contributed by atoms with Gasteiger partial charge in [0.1, 0.15) is 4.90 Å². The van der Waals surface area contributed by atoms with Gasteiger partial charge in [-0.25, -0.2) is 8.42 Å². The highest BCUT2D eigenvalue weighted by Gasteiger charge is 2.18. The van der Waals surface area contributed by atoms with E-state index in [4.69, 9.17) is 11.6 Å². The molecule has 0 saturated heterocycles. The summed E-state index contributed by atoms with van der Waals surface area (Å²) in [4.78, 5) is -0.00336. The van der Waals surface area contributed by atoms with Crippen molar-refractivity contribution in [2.75, 3.05) is 4.72 Å². The van der Waals surface area contributed by atoms with Crippen molar-refractivity contribution in [3.8, 4) is 5.69 Å². The molecule has 0 unspecified atom stereocenters. The third kappa shape index (κ3) is 3.42. The molecule has 0 bridgehead atoms. The summed E-state index contributed by atoms with van der Waals surface area (Å²) in [7, 11) is -3.82. The van der Waals surface area contributed by atoms with Gasteiger partial charge in [-0.1, -0.05) is 33.6 Å². The summed E-state index contributed by atoms with van der Waals surface area (Å²) in [6.07, 6.45) is 0. The fourth-order valence-corrected chi connectivity index (χ4v) is 4.16. The smallest absolute Gasteiger partial charge is 0.263 e. The number of nitrogens with zero attached hydrogens (tertiary/aromatic N) is 4. The zero-order chi connectivity index (χ0) is 17.3. The van der Waals surface area contributed by atoms with E-state index in [9.17, 15) is 8.42 Å². The Balaban J connectivity index is 1.95. The lowest BCUT2D eigenvalue weighted by atomic mass is 10.3. The molecule has 2 aromatic carbocycles. The number of tetrazole rings is 1. The molecule has 10 heteroatoms. The zero-order valence-corrected chi connectivity index (χ0v) is 15.5. The van der Waals surface area contributed by atoms with Crippen LogP contribution in [0.3, 0.4) is 0 Å². The van der Waals surface area contributed by atoms with Gasteiger partial charge in [-0.05, 0) is 53.7 Å². The summed E-state index contributed by atoms with van der Waals surface area (Å²) in [6.45, 7) is 1.75. The van der Waals surface area contributed by atoms with Crippen LogP contribution in [-0.2, 0) is 10.0 Å². The van der Waals surface area contributed by atoms with Crippen molar-refractivity contribution in [1.82, 2.24) is 20.2 Å². The number of nitrogens with one attached hydrogen (secondary N) is 1. The quantitative estimate of drug-likeness (QED) is 0.689. The van der Waals surface area contributed by atoms with E-state index in [1.807, 2.05) is 0 Å². The number of halogens is 2. The molecule has 0 saturated carbocycles. The van der Waals surface area contributed by atoms with Crippen LogP contribution in [0.15, 0.2) is 51.8 Å². The third-order valence-corrected chi connectivity index (χ3v) is 5.51. The summed E-state index contributed by atoms with van der Waals surface area (Å²) in [6, 6.07) is 11.3. The molecular formula is C14H11BrClN5O2S. The van der Waals surface area contributed by atoms with Crippen LogP contribution >= 0.6 is 27.5 Å². The Labute approximate surface area is 151 Å². The van der Waals surface area contributed by atoms with Gasteiger partial charge in [0.25, 0.3) is 10.0 Å². The van der Waals surface area contributed by atoms with Crippen LogP contribution in [0.25, 0.3) is 5.69 Å². The highest BCUT2D eigenvalue weighted by atomic mass is 79.9. The summed E-state index contributed by atoms with van der Waals surface area (Å²) < 4.78 is 29.8. The predicted octanol–water partition coefficient (Wildman–Crippen LogP) is 3.19. The third-order valence-electron chi connectivity index (χ3n) is 3.15. The minimum atomic E-state index is -3.82. The number of aryl methyl sites for hydroxylation is 1. The molecule has 24 heavy (non-hydrogen) atoms. The van der Waals surface area contributed by atoms with Gasteiger partial charge >= 0.3 is 0 Å². The molecule has 0 spiro atoms. The fraction of sp³-hybridized carbons (Fsp3) is 0.0714. The van der Waals surface area contributed by atoms with Crippen molar-refractivity contribution >= 4 is 43.2 Å². The van der Waals surface area contributed by atoms with Gasteiger partial charge in [0.05, 0.1) is 16.4 Å². The Hall–Kier alpha value is -1.97. The molecule has 0 aliphatic heterocycles. The summed E-state index contributed by atoms with van der Waals surface area (Å²) in [5.74, 6) is 0.589. The molecule has 3 aromatic rings. The van der Waals surface area contributed by atoms with Crippen molar-refractivity contribution in [2.24, 2.45) is 0 Å². The maximum Gasteiger partial charge on any atom is 0.263 e. The Bertz CT molecular complexity index is 1010. The zero-order valence-electron chi connectivity index (χ0n) is 12.3. The van der Waals surface area contributed by atoms with Crippen LogP contribution in [0.2, 0.25) is 5.02 Å². The first-order chi connectivity index (χ1) is 11.4. The molecular weight excluding hydrogens is 418 g/mol. The Morgan fingerprint density at radius 3 is 2.67 bits per heavy atom. The molecule has 0 aliphatic rings. The molecule has 1 N–H and O–H groups in total. The number of anilines is 1. The minimum absolute atomic E-state index is 0.00336. The summed E-state index contributed by atoms with van der Waals surface area (Å²) in [5, 5.41) is 11.4. The van der Waals surface area contributed by atoms with Crippen LogP contribution < -0.4 is 4.72 Å². The molecule has 3 rings (SSSR count). The van der Waals surface area contributed by atoms with Gasteiger partial charge in [0.2, 0.25) is 0 Å². The average Bonchev–Trinajstić information content (AvgIpc) is 2.92. The number of rotatable bonds is 4. The van der Waals surface area contributed by atoms with E-state index in [-0.39, 0.29) is 9.92 Å². The topological polar surface area (TPSA) is 89.8 Å². The van der Waals surface area contributed by atoms with Crippen molar-refractivity contribution in [3.05, 3.63) is 57.8 Å². The Morgan fingerprint density at radius 1 is 1.21 bits per heavy atom. The predicted molar refractivity (Wildman–Crippen MR) is 93.9 cm³/mol. The molecule has 0 amide bonds. The van der Waals surface area contributed by atoms with Gasteiger partial charge in [-0.2, -0.15) is 4.68 Å². The van der Waals surface area contributed by atoms with E-state index < -0.39 is 10.0 Å². The number of aromatic nitrogens is 4. The first kappa shape index (κ1) is 16.9. The van der Waals surface area contributed by atoms with Gasteiger partial charge < -0.3 is 0 Å². The van der Waals surface area contributed by atoms with Crippen LogP contribution in [0, 0.1) is 6.92 Å². The molecule has 7 nitrogen and oxygen atoms in total. The monoisotopic (exact) mass is 427 g/mol. The minimum Gasteiger partial charge on any atom is -0.280 e. The van der Waals surface area contributed by atoms with Crippen molar-refractivity contribution in [3.63, 3.8) is 0 Å². The first-order valence-corrected chi connectivity index (χ1v) is 9.35. The van der Waals surface area contributed by atoms with E-state index in [0.29, 0.717) is 21.7 Å². The lowest BCUT2D eigenvalue weighted by Gasteiger charge is -2.11. The average molecular weight is 429 g/mol. The van der Waals surface area contributed by atoms with Crippen LogP contribution in [0.4, 0.5) is 5.69 Å².